The Bertz CT molecular complexity index is 1100. The SMILES string of the molecule is O=C(c1cc(-c2ccncc2)n(-c2ccc(F)cc2F)n1)N1CCC2(CC1)OCCO2. The Morgan fingerprint density at radius 2 is 1.71 bits per heavy atom. The second kappa shape index (κ2) is 7.82. The van der Waals surface area contributed by atoms with Gasteiger partial charge in [-0.3, -0.25) is 9.78 Å². The van der Waals surface area contributed by atoms with Gasteiger partial charge < -0.3 is 14.4 Å². The van der Waals surface area contributed by atoms with Gasteiger partial charge in [-0.25, -0.2) is 13.5 Å². The molecule has 4 heterocycles. The third-order valence-electron chi connectivity index (χ3n) is 5.67. The van der Waals surface area contributed by atoms with Gasteiger partial charge in [0.05, 0.1) is 18.9 Å². The van der Waals surface area contributed by atoms with E-state index in [0.29, 0.717) is 50.4 Å². The summed E-state index contributed by atoms with van der Waals surface area (Å²) < 4.78 is 40.7. The second-order valence-corrected chi connectivity index (χ2v) is 7.56. The molecule has 160 valence electrons. The van der Waals surface area contributed by atoms with Gasteiger partial charge in [-0.05, 0) is 30.3 Å². The number of carbonyl (C=O) groups excluding carboxylic acids is 1. The van der Waals surface area contributed by atoms with Crippen molar-refractivity contribution in [2.24, 2.45) is 0 Å². The number of pyridine rings is 1. The van der Waals surface area contributed by atoms with E-state index in [1.165, 1.54) is 10.7 Å². The van der Waals surface area contributed by atoms with Crippen LogP contribution in [-0.4, -0.2) is 57.7 Å². The van der Waals surface area contributed by atoms with Crippen LogP contribution in [0, 0.1) is 11.6 Å². The number of hydrogen-bond acceptors (Lipinski definition) is 5. The molecule has 1 aromatic carbocycles. The molecule has 0 radical (unpaired) electrons. The number of amides is 1. The van der Waals surface area contributed by atoms with E-state index < -0.39 is 17.4 Å². The van der Waals surface area contributed by atoms with Crippen molar-refractivity contribution in [2.45, 2.75) is 18.6 Å². The molecule has 0 bridgehead atoms. The van der Waals surface area contributed by atoms with E-state index in [1.807, 2.05) is 0 Å². The molecule has 2 fully saturated rings. The van der Waals surface area contributed by atoms with Crippen LogP contribution in [0.5, 0.6) is 0 Å². The Morgan fingerprint density at radius 1 is 1.00 bits per heavy atom. The molecule has 2 saturated heterocycles. The van der Waals surface area contributed by atoms with Gasteiger partial charge in [0.1, 0.15) is 11.5 Å². The lowest BCUT2D eigenvalue weighted by Gasteiger charge is -2.37. The zero-order valence-electron chi connectivity index (χ0n) is 16.6. The molecule has 1 spiro atoms. The summed E-state index contributed by atoms with van der Waals surface area (Å²) in [6.07, 6.45) is 4.37. The van der Waals surface area contributed by atoms with E-state index in [9.17, 15) is 13.6 Å². The van der Waals surface area contributed by atoms with E-state index in [0.717, 1.165) is 12.1 Å². The second-order valence-electron chi connectivity index (χ2n) is 7.56. The van der Waals surface area contributed by atoms with Crippen LogP contribution in [0.15, 0.2) is 48.8 Å². The predicted octanol–water partition coefficient (Wildman–Crippen LogP) is 3.19. The van der Waals surface area contributed by atoms with Crippen LogP contribution in [0.3, 0.4) is 0 Å². The summed E-state index contributed by atoms with van der Waals surface area (Å²) in [7, 11) is 0. The first kappa shape index (κ1) is 19.8. The highest BCUT2D eigenvalue weighted by molar-refractivity contribution is 5.93. The molecule has 9 heteroatoms. The molecule has 2 aliphatic heterocycles. The lowest BCUT2D eigenvalue weighted by molar-refractivity contribution is -0.181. The van der Waals surface area contributed by atoms with Crippen molar-refractivity contribution >= 4 is 5.91 Å². The first-order chi connectivity index (χ1) is 15.0. The summed E-state index contributed by atoms with van der Waals surface area (Å²) in [5.74, 6) is -2.30. The summed E-state index contributed by atoms with van der Waals surface area (Å²) in [6, 6.07) is 8.35. The maximum absolute atomic E-state index is 14.5. The quantitative estimate of drug-likeness (QED) is 0.644. The normalized spacial score (nSPS) is 17.9. The number of benzene rings is 1. The first-order valence-corrected chi connectivity index (χ1v) is 10.1. The van der Waals surface area contributed by atoms with Crippen molar-refractivity contribution in [3.8, 4) is 16.9 Å². The Morgan fingerprint density at radius 3 is 2.39 bits per heavy atom. The minimum Gasteiger partial charge on any atom is -0.347 e. The Hall–Kier alpha value is -3.17. The average Bonchev–Trinajstić information content (AvgIpc) is 3.42. The highest BCUT2D eigenvalue weighted by Crippen LogP contribution is 2.32. The zero-order chi connectivity index (χ0) is 21.4. The molecular weight excluding hydrogens is 406 g/mol. The number of rotatable bonds is 3. The summed E-state index contributed by atoms with van der Waals surface area (Å²) in [6.45, 7) is 2.08. The third-order valence-corrected chi connectivity index (χ3v) is 5.67. The molecule has 2 aromatic heterocycles. The fourth-order valence-electron chi connectivity index (χ4n) is 4.05. The maximum atomic E-state index is 14.5. The topological polar surface area (TPSA) is 69.5 Å². The van der Waals surface area contributed by atoms with Gasteiger partial charge in [-0.1, -0.05) is 0 Å². The number of ether oxygens (including phenoxy) is 2. The standard InChI is InChI=1S/C22H20F2N4O3/c23-16-1-2-19(17(24)13-16)28-20(15-3-7-25-8-4-15)14-18(26-28)21(29)27-9-5-22(6-10-27)30-11-12-31-22/h1-4,7-8,13-14H,5-6,9-12H2. The van der Waals surface area contributed by atoms with E-state index in [1.54, 1.807) is 35.5 Å². The summed E-state index contributed by atoms with van der Waals surface area (Å²) in [5.41, 5.74) is 1.44. The molecule has 1 amide bonds. The van der Waals surface area contributed by atoms with Crippen LogP contribution < -0.4 is 0 Å². The van der Waals surface area contributed by atoms with E-state index >= 15 is 0 Å². The fraction of sp³-hybridized carbons (Fsp3) is 0.318. The Labute approximate surface area is 177 Å². The molecule has 0 saturated carbocycles. The number of carbonyl (C=O) groups is 1. The molecular formula is C22H20F2N4O3. The van der Waals surface area contributed by atoms with E-state index in [-0.39, 0.29) is 17.3 Å². The molecule has 3 aromatic rings. The zero-order valence-corrected chi connectivity index (χ0v) is 16.6. The van der Waals surface area contributed by atoms with Crippen LogP contribution >= 0.6 is 0 Å². The number of likely N-dealkylation sites (tertiary alicyclic amines) is 1. The molecule has 7 nitrogen and oxygen atoms in total. The minimum atomic E-state index is -0.771. The highest BCUT2D eigenvalue weighted by Gasteiger charge is 2.41. The van der Waals surface area contributed by atoms with Gasteiger partial charge in [0.2, 0.25) is 0 Å². The molecule has 0 N–H and O–H groups in total. The number of piperidine rings is 1. The van der Waals surface area contributed by atoms with Crippen molar-refractivity contribution < 1.29 is 23.0 Å². The Balaban J connectivity index is 1.48. The molecule has 0 atom stereocenters. The van der Waals surface area contributed by atoms with Crippen molar-refractivity contribution in [2.75, 3.05) is 26.3 Å². The molecule has 0 unspecified atom stereocenters. The molecule has 0 aliphatic carbocycles. The highest BCUT2D eigenvalue weighted by atomic mass is 19.1. The van der Waals surface area contributed by atoms with Gasteiger partial charge in [0, 0.05) is 50.0 Å². The summed E-state index contributed by atoms with van der Waals surface area (Å²) in [5, 5.41) is 4.39. The number of nitrogens with zero attached hydrogens (tertiary/aromatic N) is 4. The molecule has 5 rings (SSSR count). The van der Waals surface area contributed by atoms with Crippen molar-refractivity contribution in [1.29, 1.82) is 0 Å². The van der Waals surface area contributed by atoms with Crippen LogP contribution in [0.4, 0.5) is 8.78 Å². The molecule has 2 aliphatic rings. The first-order valence-electron chi connectivity index (χ1n) is 10.1. The lowest BCUT2D eigenvalue weighted by Crippen LogP contribution is -2.47. The predicted molar refractivity (Wildman–Crippen MR) is 106 cm³/mol. The number of hydrogen-bond donors (Lipinski definition) is 0. The third kappa shape index (κ3) is 3.70. The van der Waals surface area contributed by atoms with Gasteiger partial charge in [-0.2, -0.15) is 5.10 Å². The molecule has 31 heavy (non-hydrogen) atoms. The van der Waals surface area contributed by atoms with E-state index in [4.69, 9.17) is 9.47 Å². The number of aromatic nitrogens is 3. The smallest absolute Gasteiger partial charge is 0.274 e. The fourth-order valence-corrected chi connectivity index (χ4v) is 4.05. The van der Waals surface area contributed by atoms with Gasteiger partial charge in [0.25, 0.3) is 5.91 Å². The minimum absolute atomic E-state index is 0.0533. The van der Waals surface area contributed by atoms with Crippen molar-refractivity contribution in [1.82, 2.24) is 19.7 Å². The van der Waals surface area contributed by atoms with Crippen LogP contribution in [0.25, 0.3) is 16.9 Å². The van der Waals surface area contributed by atoms with E-state index in [2.05, 4.69) is 10.1 Å². The summed E-state index contributed by atoms with van der Waals surface area (Å²) in [4.78, 5) is 18.9. The van der Waals surface area contributed by atoms with Crippen LogP contribution in [-0.2, 0) is 9.47 Å². The van der Waals surface area contributed by atoms with Gasteiger partial charge in [-0.15, -0.1) is 0 Å². The summed E-state index contributed by atoms with van der Waals surface area (Å²) >= 11 is 0. The van der Waals surface area contributed by atoms with Crippen LogP contribution in [0.2, 0.25) is 0 Å². The lowest BCUT2D eigenvalue weighted by atomic mass is 10.0. The van der Waals surface area contributed by atoms with Crippen LogP contribution in [0.1, 0.15) is 23.3 Å². The average molecular weight is 426 g/mol. The number of halogens is 2. The van der Waals surface area contributed by atoms with Gasteiger partial charge in [0.15, 0.2) is 17.3 Å². The Kier molecular flexibility index (Phi) is 4.99. The van der Waals surface area contributed by atoms with Crippen molar-refractivity contribution in [3.05, 3.63) is 66.1 Å². The van der Waals surface area contributed by atoms with Crippen molar-refractivity contribution in [3.63, 3.8) is 0 Å². The monoisotopic (exact) mass is 426 g/mol. The maximum Gasteiger partial charge on any atom is 0.274 e. The van der Waals surface area contributed by atoms with Gasteiger partial charge >= 0.3 is 0 Å². The largest absolute Gasteiger partial charge is 0.347 e.